The number of amides is 1. The van der Waals surface area contributed by atoms with Gasteiger partial charge in [0.2, 0.25) is 5.91 Å². The number of nitrogens with zero attached hydrogens (tertiary/aromatic N) is 3. The van der Waals surface area contributed by atoms with E-state index in [-0.39, 0.29) is 42.5 Å². The second-order valence-corrected chi connectivity index (χ2v) is 8.42. The van der Waals surface area contributed by atoms with Gasteiger partial charge >= 0.3 is 6.18 Å². The van der Waals surface area contributed by atoms with E-state index in [1.54, 1.807) is 7.05 Å². The molecule has 2 heterocycles. The lowest BCUT2D eigenvalue weighted by atomic mass is 9.90. The fraction of sp³-hybridized carbons (Fsp3) is 0.636. The first-order valence-corrected chi connectivity index (χ1v) is 10.9. The molecule has 1 aromatic carbocycles. The minimum Gasteiger partial charge on any atom is -0.352 e. The number of likely N-dealkylation sites (tertiary alicyclic amines) is 2. The summed E-state index contributed by atoms with van der Waals surface area (Å²) in [5, 5.41) is 6.15. The van der Waals surface area contributed by atoms with Crippen LogP contribution in [0.4, 0.5) is 13.2 Å². The normalized spacial score (nSPS) is 20.7. The maximum atomic E-state index is 12.6. The summed E-state index contributed by atoms with van der Waals surface area (Å²) in [5.74, 6) is 1.06. The highest BCUT2D eigenvalue weighted by Gasteiger charge is 2.34. The Morgan fingerprint density at radius 3 is 2.44 bits per heavy atom. The number of carbonyl (C=O) groups excluding carboxylic acids is 1. The minimum atomic E-state index is -4.18. The van der Waals surface area contributed by atoms with Gasteiger partial charge < -0.3 is 15.5 Å². The predicted octanol–water partition coefficient (Wildman–Crippen LogP) is 2.89. The summed E-state index contributed by atoms with van der Waals surface area (Å²) in [7, 11) is 1.59. The Kier molecular flexibility index (Phi) is 10.5. The number of alkyl halides is 3. The Labute approximate surface area is 205 Å². The van der Waals surface area contributed by atoms with Gasteiger partial charge in [0, 0.05) is 39.3 Å². The molecule has 0 aliphatic carbocycles. The van der Waals surface area contributed by atoms with E-state index in [2.05, 4.69) is 39.9 Å². The smallest absolute Gasteiger partial charge is 0.352 e. The SMILES string of the molecule is CN=C(NCC(=O)N1CCC(Cc2ccccc2)CC1)NC1CCN(CC(F)(F)F)C1.I. The number of aliphatic imine (C=N–C) groups is 1. The van der Waals surface area contributed by atoms with Crippen LogP contribution in [0.2, 0.25) is 0 Å². The van der Waals surface area contributed by atoms with Crippen LogP contribution in [0.3, 0.4) is 0 Å². The third kappa shape index (κ3) is 8.76. The van der Waals surface area contributed by atoms with Crippen molar-refractivity contribution in [2.45, 2.75) is 37.9 Å². The zero-order valence-corrected chi connectivity index (χ0v) is 20.7. The molecule has 3 rings (SSSR count). The number of hydrogen-bond donors (Lipinski definition) is 2. The van der Waals surface area contributed by atoms with E-state index < -0.39 is 12.7 Å². The molecule has 2 fully saturated rings. The summed E-state index contributed by atoms with van der Waals surface area (Å²) < 4.78 is 37.6. The van der Waals surface area contributed by atoms with Gasteiger partial charge in [0.1, 0.15) is 0 Å². The van der Waals surface area contributed by atoms with Crippen molar-refractivity contribution in [1.82, 2.24) is 20.4 Å². The molecule has 2 aliphatic rings. The van der Waals surface area contributed by atoms with E-state index in [9.17, 15) is 18.0 Å². The number of halogens is 4. The molecule has 10 heteroatoms. The van der Waals surface area contributed by atoms with E-state index in [4.69, 9.17) is 0 Å². The first-order valence-electron chi connectivity index (χ1n) is 10.9. The van der Waals surface area contributed by atoms with Crippen molar-refractivity contribution in [1.29, 1.82) is 0 Å². The highest BCUT2D eigenvalue weighted by molar-refractivity contribution is 14.0. The van der Waals surface area contributed by atoms with Crippen molar-refractivity contribution < 1.29 is 18.0 Å². The third-order valence-electron chi connectivity index (χ3n) is 5.98. The summed E-state index contributed by atoms with van der Waals surface area (Å²) in [6, 6.07) is 10.3. The van der Waals surface area contributed by atoms with Gasteiger partial charge in [-0.3, -0.25) is 14.7 Å². The molecule has 2 saturated heterocycles. The lowest BCUT2D eigenvalue weighted by Gasteiger charge is -2.32. The van der Waals surface area contributed by atoms with Crippen molar-refractivity contribution in [3.05, 3.63) is 35.9 Å². The Morgan fingerprint density at radius 1 is 1.12 bits per heavy atom. The molecule has 1 unspecified atom stereocenters. The van der Waals surface area contributed by atoms with Gasteiger partial charge in [-0.1, -0.05) is 30.3 Å². The summed E-state index contributed by atoms with van der Waals surface area (Å²) in [4.78, 5) is 19.9. The lowest BCUT2D eigenvalue weighted by Crippen LogP contribution is -2.49. The van der Waals surface area contributed by atoms with Crippen LogP contribution in [0.15, 0.2) is 35.3 Å². The van der Waals surface area contributed by atoms with Crippen LogP contribution < -0.4 is 10.6 Å². The van der Waals surface area contributed by atoms with Gasteiger partial charge in [-0.2, -0.15) is 13.2 Å². The van der Waals surface area contributed by atoms with Gasteiger partial charge in [-0.05, 0) is 37.2 Å². The molecule has 1 aromatic rings. The maximum absolute atomic E-state index is 12.6. The fourth-order valence-corrected chi connectivity index (χ4v) is 4.34. The molecule has 6 nitrogen and oxygen atoms in total. The zero-order valence-electron chi connectivity index (χ0n) is 18.4. The van der Waals surface area contributed by atoms with Crippen LogP contribution in [-0.2, 0) is 11.2 Å². The highest BCUT2D eigenvalue weighted by Crippen LogP contribution is 2.22. The lowest BCUT2D eigenvalue weighted by molar-refractivity contribution is -0.143. The molecular formula is C22H33F3IN5O. The maximum Gasteiger partial charge on any atom is 0.401 e. The molecule has 0 bridgehead atoms. The average molecular weight is 567 g/mol. The van der Waals surface area contributed by atoms with E-state index in [0.29, 0.717) is 31.4 Å². The fourth-order valence-electron chi connectivity index (χ4n) is 4.34. The first-order chi connectivity index (χ1) is 14.8. The van der Waals surface area contributed by atoms with Crippen molar-refractivity contribution in [3.63, 3.8) is 0 Å². The van der Waals surface area contributed by atoms with Crippen LogP contribution in [-0.4, -0.2) is 80.2 Å². The second kappa shape index (κ2) is 12.6. The molecule has 1 atom stereocenters. The second-order valence-electron chi connectivity index (χ2n) is 8.42. The molecule has 32 heavy (non-hydrogen) atoms. The predicted molar refractivity (Wildman–Crippen MR) is 130 cm³/mol. The Morgan fingerprint density at radius 2 is 1.81 bits per heavy atom. The van der Waals surface area contributed by atoms with Gasteiger partial charge in [0.15, 0.2) is 5.96 Å². The number of guanidine groups is 1. The quantitative estimate of drug-likeness (QED) is 0.316. The molecule has 1 amide bonds. The first kappa shape index (κ1) is 26.7. The van der Waals surface area contributed by atoms with Crippen molar-refractivity contribution in [2.75, 3.05) is 46.3 Å². The Balaban J connectivity index is 0.00000363. The van der Waals surface area contributed by atoms with E-state index in [0.717, 1.165) is 32.4 Å². The summed E-state index contributed by atoms with van der Waals surface area (Å²) in [6.07, 6.45) is -0.546. The van der Waals surface area contributed by atoms with Crippen LogP contribution in [0.25, 0.3) is 0 Å². The molecule has 2 aliphatic heterocycles. The summed E-state index contributed by atoms with van der Waals surface area (Å²) >= 11 is 0. The molecule has 0 saturated carbocycles. The molecule has 180 valence electrons. The molecule has 0 radical (unpaired) electrons. The van der Waals surface area contributed by atoms with Gasteiger partial charge in [0.25, 0.3) is 0 Å². The number of benzene rings is 1. The monoisotopic (exact) mass is 567 g/mol. The number of hydrogen-bond acceptors (Lipinski definition) is 3. The number of rotatable bonds is 6. The van der Waals surface area contributed by atoms with Gasteiger partial charge in [0.05, 0.1) is 13.1 Å². The molecule has 0 aromatic heterocycles. The number of piperidine rings is 1. The molecule has 2 N–H and O–H groups in total. The number of carbonyl (C=O) groups is 1. The average Bonchev–Trinajstić information content (AvgIpc) is 3.17. The zero-order chi connectivity index (χ0) is 22.3. The minimum absolute atomic E-state index is 0. The summed E-state index contributed by atoms with van der Waals surface area (Å²) in [5.41, 5.74) is 1.34. The van der Waals surface area contributed by atoms with Crippen LogP contribution >= 0.6 is 24.0 Å². The van der Waals surface area contributed by atoms with Crippen LogP contribution in [0.1, 0.15) is 24.8 Å². The standard InChI is InChI=1S/C22H32F3N5O.HI/c1-26-21(28-19-9-10-29(15-19)16-22(23,24)25)27-14-20(31)30-11-7-18(8-12-30)13-17-5-3-2-4-6-17;/h2-6,18-19H,7-16H2,1H3,(H2,26,27,28);1H. The van der Waals surface area contributed by atoms with Crippen molar-refractivity contribution >= 4 is 35.8 Å². The molecule has 0 spiro atoms. The summed E-state index contributed by atoms with van der Waals surface area (Å²) in [6.45, 7) is 1.43. The van der Waals surface area contributed by atoms with Gasteiger partial charge in [-0.25, -0.2) is 0 Å². The van der Waals surface area contributed by atoms with Crippen molar-refractivity contribution in [3.8, 4) is 0 Å². The Bertz CT molecular complexity index is 739. The van der Waals surface area contributed by atoms with Crippen LogP contribution in [0, 0.1) is 5.92 Å². The van der Waals surface area contributed by atoms with Crippen molar-refractivity contribution in [2.24, 2.45) is 10.9 Å². The number of nitrogens with one attached hydrogen (secondary N) is 2. The van der Waals surface area contributed by atoms with E-state index in [1.807, 2.05) is 11.0 Å². The third-order valence-corrected chi connectivity index (χ3v) is 5.98. The van der Waals surface area contributed by atoms with Crippen LogP contribution in [0.5, 0.6) is 0 Å². The highest BCUT2D eigenvalue weighted by atomic mass is 127. The largest absolute Gasteiger partial charge is 0.401 e. The topological polar surface area (TPSA) is 60.0 Å². The molecular weight excluding hydrogens is 534 g/mol. The van der Waals surface area contributed by atoms with E-state index in [1.165, 1.54) is 10.5 Å². The van der Waals surface area contributed by atoms with E-state index >= 15 is 0 Å². The Hall–Kier alpha value is -1.56. The van der Waals surface area contributed by atoms with Gasteiger partial charge in [-0.15, -0.1) is 24.0 Å².